The molecule has 2 saturated carbocycles. The van der Waals surface area contributed by atoms with Crippen LogP contribution in [0.25, 0.3) is 0 Å². The van der Waals surface area contributed by atoms with E-state index < -0.39 is 0 Å². The van der Waals surface area contributed by atoms with Gasteiger partial charge in [0.15, 0.2) is 0 Å². The Kier molecular flexibility index (Phi) is 0.836. The van der Waals surface area contributed by atoms with Crippen LogP contribution in [0.3, 0.4) is 0 Å². The van der Waals surface area contributed by atoms with E-state index in [0.717, 1.165) is 6.42 Å². The number of imide groups is 1. The fourth-order valence-electron chi connectivity index (χ4n) is 3.65. The van der Waals surface area contributed by atoms with E-state index in [-0.39, 0.29) is 23.7 Å². The third-order valence-electron chi connectivity index (χ3n) is 4.11. The lowest BCUT2D eigenvalue weighted by molar-refractivity contribution is -0.127. The van der Waals surface area contributed by atoms with Gasteiger partial charge in [0.1, 0.15) is 0 Å². The van der Waals surface area contributed by atoms with Crippen molar-refractivity contribution in [1.82, 2.24) is 5.32 Å². The number of hydrogen-bond donors (Lipinski definition) is 1. The Morgan fingerprint density at radius 2 is 1.62 bits per heavy atom. The van der Waals surface area contributed by atoms with Crippen LogP contribution in [0.15, 0.2) is 0 Å². The summed E-state index contributed by atoms with van der Waals surface area (Å²) in [7, 11) is 0. The molecule has 0 aromatic heterocycles. The molecule has 2 aliphatic heterocycles. The molecule has 1 N–H and O–H groups in total. The first-order chi connectivity index (χ1) is 6.27. The number of epoxide rings is 1. The maximum atomic E-state index is 11.4. The normalized spacial score (nSPS) is 60.6. The highest BCUT2D eigenvalue weighted by Gasteiger charge is 2.72. The number of nitrogens with one attached hydrogen (secondary N) is 1. The molecule has 6 atom stereocenters. The summed E-state index contributed by atoms with van der Waals surface area (Å²) >= 11 is 0. The van der Waals surface area contributed by atoms with Crippen molar-refractivity contribution in [3.63, 3.8) is 0 Å². The maximum Gasteiger partial charge on any atom is 0.230 e. The predicted octanol–water partition coefficient (Wildman–Crippen LogP) is -0.708. The first-order valence-corrected chi connectivity index (χ1v) is 4.77. The highest BCUT2D eigenvalue weighted by molar-refractivity contribution is 6.06. The molecule has 2 saturated heterocycles. The topological polar surface area (TPSA) is 58.7 Å². The Morgan fingerprint density at radius 1 is 1.08 bits per heavy atom. The van der Waals surface area contributed by atoms with E-state index in [9.17, 15) is 9.59 Å². The number of fused-ring (bicyclic) bond motifs is 8. The Labute approximate surface area is 74.6 Å². The molecule has 4 nitrogen and oxygen atoms in total. The molecule has 2 amide bonds. The quantitative estimate of drug-likeness (QED) is 0.395. The summed E-state index contributed by atoms with van der Waals surface area (Å²) in [5.41, 5.74) is 0. The lowest BCUT2D eigenvalue weighted by atomic mass is 9.81. The van der Waals surface area contributed by atoms with Gasteiger partial charge in [0.2, 0.25) is 11.8 Å². The minimum Gasteiger partial charge on any atom is -0.369 e. The van der Waals surface area contributed by atoms with Gasteiger partial charge in [0.05, 0.1) is 24.0 Å². The van der Waals surface area contributed by atoms with E-state index >= 15 is 0 Å². The number of carbonyl (C=O) groups excluding carboxylic acids is 2. The van der Waals surface area contributed by atoms with Crippen LogP contribution in [0.5, 0.6) is 0 Å². The number of carbonyl (C=O) groups is 2. The fourth-order valence-corrected chi connectivity index (χ4v) is 3.65. The number of hydrogen-bond acceptors (Lipinski definition) is 3. The molecule has 0 unspecified atom stereocenters. The van der Waals surface area contributed by atoms with Gasteiger partial charge in [-0.05, 0) is 6.42 Å². The first-order valence-electron chi connectivity index (χ1n) is 4.77. The molecule has 4 heteroatoms. The van der Waals surface area contributed by atoms with E-state index in [1.54, 1.807) is 0 Å². The van der Waals surface area contributed by atoms with Gasteiger partial charge in [-0.1, -0.05) is 0 Å². The van der Waals surface area contributed by atoms with E-state index in [1.165, 1.54) is 0 Å². The molecule has 0 aromatic rings. The maximum absolute atomic E-state index is 11.4. The zero-order valence-electron chi connectivity index (χ0n) is 6.90. The van der Waals surface area contributed by atoms with E-state index in [1.807, 2.05) is 0 Å². The minimum absolute atomic E-state index is 0.0544. The average molecular weight is 179 g/mol. The number of amides is 2. The predicted molar refractivity (Wildman–Crippen MR) is 40.4 cm³/mol. The van der Waals surface area contributed by atoms with Gasteiger partial charge in [0, 0.05) is 11.8 Å². The van der Waals surface area contributed by atoms with Crippen LogP contribution in [0.1, 0.15) is 6.42 Å². The molecule has 4 aliphatic rings. The van der Waals surface area contributed by atoms with Gasteiger partial charge in [-0.3, -0.25) is 14.9 Å². The minimum atomic E-state index is -0.0588. The van der Waals surface area contributed by atoms with Gasteiger partial charge < -0.3 is 4.74 Å². The summed E-state index contributed by atoms with van der Waals surface area (Å²) < 4.78 is 5.44. The number of rotatable bonds is 0. The van der Waals surface area contributed by atoms with Crippen molar-refractivity contribution in [2.75, 3.05) is 0 Å². The number of ether oxygens (including phenoxy) is 1. The summed E-state index contributed by atoms with van der Waals surface area (Å²) in [5.74, 6) is 0.452. The third kappa shape index (κ3) is 0.544. The Bertz CT molecular complexity index is 310. The van der Waals surface area contributed by atoms with Gasteiger partial charge in [0.25, 0.3) is 0 Å². The Hall–Kier alpha value is -0.900. The largest absolute Gasteiger partial charge is 0.369 e. The van der Waals surface area contributed by atoms with Crippen molar-refractivity contribution in [2.24, 2.45) is 23.7 Å². The SMILES string of the molecule is O=C1NC(=O)[C@H]2[C@@H]3C[C@@H]([C@H]4O[C@@H]34)[C@@H]12. The van der Waals surface area contributed by atoms with Gasteiger partial charge in [-0.25, -0.2) is 0 Å². The zero-order valence-corrected chi connectivity index (χ0v) is 6.90. The molecule has 0 spiro atoms. The smallest absolute Gasteiger partial charge is 0.230 e. The van der Waals surface area contributed by atoms with Crippen LogP contribution in [0.4, 0.5) is 0 Å². The summed E-state index contributed by atoms with van der Waals surface area (Å²) in [6.07, 6.45) is 1.65. The Balaban J connectivity index is 1.84. The summed E-state index contributed by atoms with van der Waals surface area (Å²) in [5, 5.41) is 2.43. The highest BCUT2D eigenvalue weighted by Crippen LogP contribution is 2.62. The summed E-state index contributed by atoms with van der Waals surface area (Å²) in [6, 6.07) is 0. The lowest BCUT2D eigenvalue weighted by Crippen LogP contribution is -2.29. The van der Waals surface area contributed by atoms with Crippen molar-refractivity contribution in [1.29, 1.82) is 0 Å². The highest BCUT2D eigenvalue weighted by atomic mass is 16.6. The molecule has 0 radical (unpaired) electrons. The van der Waals surface area contributed by atoms with Crippen LogP contribution in [0.2, 0.25) is 0 Å². The van der Waals surface area contributed by atoms with Crippen molar-refractivity contribution in [3.05, 3.63) is 0 Å². The van der Waals surface area contributed by atoms with E-state index in [0.29, 0.717) is 24.0 Å². The third-order valence-corrected chi connectivity index (χ3v) is 4.11. The fraction of sp³-hybridized carbons (Fsp3) is 0.778. The van der Waals surface area contributed by atoms with E-state index in [4.69, 9.17) is 4.74 Å². The van der Waals surface area contributed by atoms with Crippen molar-refractivity contribution < 1.29 is 14.3 Å². The molecule has 4 fully saturated rings. The molecule has 2 bridgehead atoms. The molecular weight excluding hydrogens is 170 g/mol. The monoisotopic (exact) mass is 179 g/mol. The van der Waals surface area contributed by atoms with Crippen LogP contribution < -0.4 is 5.32 Å². The molecular formula is C9H9NO3. The van der Waals surface area contributed by atoms with Crippen LogP contribution in [-0.4, -0.2) is 24.0 Å². The van der Waals surface area contributed by atoms with Crippen LogP contribution in [-0.2, 0) is 14.3 Å². The van der Waals surface area contributed by atoms with E-state index in [2.05, 4.69) is 5.32 Å². The van der Waals surface area contributed by atoms with Crippen molar-refractivity contribution in [2.45, 2.75) is 18.6 Å². The first kappa shape index (κ1) is 6.54. The molecule has 2 heterocycles. The van der Waals surface area contributed by atoms with Crippen molar-refractivity contribution in [3.8, 4) is 0 Å². The standard InChI is InChI=1S/C9H9NO3/c11-8-4-2-1-3(7-6(2)13-7)5(4)9(12)10-8/h2-7H,1H2,(H,10,11,12)/t2-,3+,4-,5+,6-,7+. The zero-order chi connectivity index (χ0) is 8.74. The average Bonchev–Trinajstić information content (AvgIpc) is 2.58. The van der Waals surface area contributed by atoms with Crippen molar-refractivity contribution >= 4 is 11.8 Å². The molecule has 13 heavy (non-hydrogen) atoms. The summed E-state index contributed by atoms with van der Waals surface area (Å²) in [4.78, 5) is 22.9. The molecule has 68 valence electrons. The van der Waals surface area contributed by atoms with Gasteiger partial charge in [-0.2, -0.15) is 0 Å². The second-order valence-electron chi connectivity index (χ2n) is 4.53. The lowest BCUT2D eigenvalue weighted by Gasteiger charge is -2.15. The summed E-state index contributed by atoms with van der Waals surface area (Å²) in [6.45, 7) is 0. The van der Waals surface area contributed by atoms with Gasteiger partial charge in [-0.15, -0.1) is 0 Å². The second-order valence-corrected chi connectivity index (χ2v) is 4.53. The molecule has 0 aromatic carbocycles. The van der Waals surface area contributed by atoms with Crippen LogP contribution in [0, 0.1) is 23.7 Å². The molecule has 2 aliphatic carbocycles. The Morgan fingerprint density at radius 3 is 2.15 bits per heavy atom. The van der Waals surface area contributed by atoms with Gasteiger partial charge >= 0.3 is 0 Å². The second kappa shape index (κ2) is 1.66. The molecule has 4 rings (SSSR count). The van der Waals surface area contributed by atoms with Crippen LogP contribution >= 0.6 is 0 Å².